The molecule has 106 valence electrons. The number of nitrogens with zero attached hydrogens (tertiary/aromatic N) is 2. The van der Waals surface area contributed by atoms with Gasteiger partial charge in [0, 0.05) is 5.41 Å². The second-order valence-electron chi connectivity index (χ2n) is 5.36. The molecule has 1 heterocycles. The summed E-state index contributed by atoms with van der Waals surface area (Å²) in [5.41, 5.74) is 5.01. The summed E-state index contributed by atoms with van der Waals surface area (Å²) < 4.78 is 6.73. The number of hydrogen-bond donors (Lipinski definition) is 1. The van der Waals surface area contributed by atoms with Crippen LogP contribution in [0.15, 0.2) is 0 Å². The molecule has 1 unspecified atom stereocenters. The minimum absolute atomic E-state index is 0.138. The third kappa shape index (κ3) is 3.70. The van der Waals surface area contributed by atoms with Crippen LogP contribution in [0.3, 0.4) is 0 Å². The van der Waals surface area contributed by atoms with Gasteiger partial charge < -0.3 is 15.0 Å². The Labute approximate surface area is 116 Å². The van der Waals surface area contributed by atoms with Crippen molar-refractivity contribution in [2.24, 2.45) is 11.1 Å². The van der Waals surface area contributed by atoms with Gasteiger partial charge in [0.05, 0.1) is 6.54 Å². The van der Waals surface area contributed by atoms with Crippen molar-refractivity contribution in [1.82, 2.24) is 9.55 Å². The molecule has 0 fully saturated rings. The van der Waals surface area contributed by atoms with Gasteiger partial charge in [0.1, 0.15) is 17.6 Å². The standard InChI is InChI=1S/C12H18ClN3O3/c1-7-15-10(13)8(6-17)16(7)5-9(12(2,3)4)19-11(14)18/h6,9H,5H2,1-4H3,(H2,14,18). The Hall–Kier alpha value is -1.56. The summed E-state index contributed by atoms with van der Waals surface area (Å²) in [4.78, 5) is 26.0. The van der Waals surface area contributed by atoms with Crippen LogP contribution in [0.25, 0.3) is 0 Å². The smallest absolute Gasteiger partial charge is 0.404 e. The number of aryl methyl sites for hydroxylation is 1. The topological polar surface area (TPSA) is 87.2 Å². The Morgan fingerprint density at radius 3 is 2.58 bits per heavy atom. The minimum Gasteiger partial charge on any atom is -0.444 e. The van der Waals surface area contributed by atoms with Gasteiger partial charge in [0.15, 0.2) is 11.4 Å². The first-order valence-electron chi connectivity index (χ1n) is 5.80. The van der Waals surface area contributed by atoms with E-state index in [0.29, 0.717) is 12.1 Å². The molecule has 6 nitrogen and oxygen atoms in total. The summed E-state index contributed by atoms with van der Waals surface area (Å²) in [6.07, 6.45) is -0.712. The van der Waals surface area contributed by atoms with E-state index in [4.69, 9.17) is 22.1 Å². The summed E-state index contributed by atoms with van der Waals surface area (Å²) in [6, 6.07) is 0. The number of halogens is 1. The molecule has 0 bridgehead atoms. The quantitative estimate of drug-likeness (QED) is 0.860. The molecule has 0 radical (unpaired) electrons. The summed E-state index contributed by atoms with van der Waals surface area (Å²) in [5.74, 6) is 0.578. The number of imidazole rings is 1. The van der Waals surface area contributed by atoms with Crippen LogP contribution in [0.2, 0.25) is 5.15 Å². The van der Waals surface area contributed by atoms with E-state index in [1.54, 1.807) is 11.5 Å². The third-order valence-electron chi connectivity index (χ3n) is 2.84. The predicted molar refractivity (Wildman–Crippen MR) is 71.3 cm³/mol. The van der Waals surface area contributed by atoms with Crippen LogP contribution in [-0.2, 0) is 11.3 Å². The monoisotopic (exact) mass is 287 g/mol. The van der Waals surface area contributed by atoms with Gasteiger partial charge in [-0.25, -0.2) is 9.78 Å². The molecular formula is C12H18ClN3O3. The van der Waals surface area contributed by atoms with Gasteiger partial charge in [0.2, 0.25) is 0 Å². The van der Waals surface area contributed by atoms with Crippen LogP contribution in [0.4, 0.5) is 4.79 Å². The maximum atomic E-state index is 11.0. The van der Waals surface area contributed by atoms with E-state index in [1.165, 1.54) is 0 Å². The number of ether oxygens (including phenoxy) is 1. The average molecular weight is 288 g/mol. The molecule has 0 aliphatic heterocycles. The van der Waals surface area contributed by atoms with E-state index in [0.717, 1.165) is 0 Å². The van der Waals surface area contributed by atoms with Crippen molar-refractivity contribution in [3.8, 4) is 0 Å². The van der Waals surface area contributed by atoms with Gasteiger partial charge in [0.25, 0.3) is 0 Å². The van der Waals surface area contributed by atoms with Gasteiger partial charge in [-0.3, -0.25) is 4.79 Å². The summed E-state index contributed by atoms with van der Waals surface area (Å²) in [6.45, 7) is 7.73. The second kappa shape index (κ2) is 5.61. The average Bonchev–Trinajstić information content (AvgIpc) is 2.50. The number of carbonyl (C=O) groups excluding carboxylic acids is 2. The van der Waals surface area contributed by atoms with Gasteiger partial charge >= 0.3 is 6.09 Å². The van der Waals surface area contributed by atoms with Gasteiger partial charge in [-0.2, -0.15) is 0 Å². The molecule has 0 aliphatic carbocycles. The fourth-order valence-electron chi connectivity index (χ4n) is 1.68. The lowest BCUT2D eigenvalue weighted by molar-refractivity contribution is 0.0250. The highest BCUT2D eigenvalue weighted by Crippen LogP contribution is 2.26. The fourth-order valence-corrected chi connectivity index (χ4v) is 1.95. The summed E-state index contributed by atoms with van der Waals surface area (Å²) >= 11 is 5.86. The van der Waals surface area contributed by atoms with E-state index in [-0.39, 0.29) is 22.8 Å². The highest BCUT2D eigenvalue weighted by molar-refractivity contribution is 6.31. The second-order valence-corrected chi connectivity index (χ2v) is 5.71. The largest absolute Gasteiger partial charge is 0.444 e. The van der Waals surface area contributed by atoms with Crippen LogP contribution in [0.5, 0.6) is 0 Å². The molecule has 0 aliphatic rings. The number of aromatic nitrogens is 2. The van der Waals surface area contributed by atoms with Crippen LogP contribution in [-0.4, -0.2) is 28.0 Å². The van der Waals surface area contributed by atoms with E-state index in [2.05, 4.69) is 4.98 Å². The van der Waals surface area contributed by atoms with Gasteiger partial charge in [-0.15, -0.1) is 0 Å². The molecule has 1 aromatic rings. The molecule has 1 atom stereocenters. The van der Waals surface area contributed by atoms with Crippen molar-refractivity contribution in [1.29, 1.82) is 0 Å². The Morgan fingerprint density at radius 2 is 2.16 bits per heavy atom. The molecule has 19 heavy (non-hydrogen) atoms. The van der Waals surface area contributed by atoms with Crippen molar-refractivity contribution in [2.75, 3.05) is 0 Å². The zero-order chi connectivity index (χ0) is 14.8. The maximum Gasteiger partial charge on any atom is 0.404 e. The SMILES string of the molecule is Cc1nc(Cl)c(C=O)n1CC(OC(N)=O)C(C)(C)C. The minimum atomic E-state index is -0.851. The maximum absolute atomic E-state index is 11.0. The van der Waals surface area contributed by atoms with E-state index >= 15 is 0 Å². The number of primary amides is 1. The first kappa shape index (κ1) is 15.5. The summed E-state index contributed by atoms with van der Waals surface area (Å²) in [5, 5.41) is 0.138. The Kier molecular flexibility index (Phi) is 4.57. The number of amides is 1. The molecule has 7 heteroatoms. The van der Waals surface area contributed by atoms with Crippen LogP contribution in [0, 0.1) is 12.3 Å². The van der Waals surface area contributed by atoms with E-state index in [1.807, 2.05) is 20.8 Å². The van der Waals surface area contributed by atoms with Crippen LogP contribution >= 0.6 is 11.6 Å². The number of nitrogens with two attached hydrogens (primary N) is 1. The fraction of sp³-hybridized carbons (Fsp3) is 0.583. The molecule has 2 N–H and O–H groups in total. The number of carbonyl (C=O) groups is 2. The van der Waals surface area contributed by atoms with Crippen molar-refractivity contribution in [3.63, 3.8) is 0 Å². The predicted octanol–water partition coefficient (Wildman–Crippen LogP) is 2.17. The zero-order valence-corrected chi connectivity index (χ0v) is 12.2. The van der Waals surface area contributed by atoms with Crippen LogP contribution < -0.4 is 5.73 Å². The normalized spacial score (nSPS) is 13.1. The molecule has 0 saturated heterocycles. The number of hydrogen-bond acceptors (Lipinski definition) is 4. The molecule has 0 spiro atoms. The lowest BCUT2D eigenvalue weighted by Crippen LogP contribution is -2.37. The van der Waals surface area contributed by atoms with Gasteiger partial charge in [-0.05, 0) is 6.92 Å². The Morgan fingerprint density at radius 1 is 1.58 bits per heavy atom. The Balaban J connectivity index is 3.09. The molecule has 0 saturated carbocycles. The first-order valence-corrected chi connectivity index (χ1v) is 6.18. The molecule has 0 aromatic carbocycles. The third-order valence-corrected chi connectivity index (χ3v) is 3.12. The Bertz CT molecular complexity index is 491. The van der Waals surface area contributed by atoms with Crippen LogP contribution in [0.1, 0.15) is 37.1 Å². The number of aldehydes is 1. The van der Waals surface area contributed by atoms with Crippen molar-refractivity contribution in [3.05, 3.63) is 16.7 Å². The lowest BCUT2D eigenvalue weighted by Gasteiger charge is -2.30. The highest BCUT2D eigenvalue weighted by atomic mass is 35.5. The van der Waals surface area contributed by atoms with E-state index < -0.39 is 12.2 Å². The number of rotatable bonds is 4. The first-order chi connectivity index (χ1) is 8.66. The van der Waals surface area contributed by atoms with Gasteiger partial charge in [-0.1, -0.05) is 32.4 Å². The molecule has 1 amide bonds. The molecule has 1 rings (SSSR count). The highest BCUT2D eigenvalue weighted by Gasteiger charge is 2.30. The lowest BCUT2D eigenvalue weighted by atomic mass is 9.89. The van der Waals surface area contributed by atoms with Crippen molar-refractivity contribution in [2.45, 2.75) is 40.3 Å². The zero-order valence-electron chi connectivity index (χ0n) is 11.4. The van der Waals surface area contributed by atoms with Crippen molar-refractivity contribution >= 4 is 24.0 Å². The van der Waals surface area contributed by atoms with E-state index in [9.17, 15) is 9.59 Å². The van der Waals surface area contributed by atoms with Crippen molar-refractivity contribution < 1.29 is 14.3 Å². The summed E-state index contributed by atoms with van der Waals surface area (Å²) in [7, 11) is 0. The molecule has 1 aromatic heterocycles. The molecular weight excluding hydrogens is 270 g/mol.